The van der Waals surface area contributed by atoms with Gasteiger partial charge in [0.05, 0.1) is 5.69 Å². The molecule has 1 amide bonds. The van der Waals surface area contributed by atoms with E-state index >= 15 is 0 Å². The van der Waals surface area contributed by atoms with Crippen LogP contribution in [0.25, 0.3) is 17.3 Å². The Kier molecular flexibility index (Phi) is 6.18. The summed E-state index contributed by atoms with van der Waals surface area (Å²) in [5, 5.41) is 11.7. The van der Waals surface area contributed by atoms with Crippen LogP contribution in [0.2, 0.25) is 0 Å². The van der Waals surface area contributed by atoms with Crippen molar-refractivity contribution < 1.29 is 4.79 Å². The number of anilines is 2. The van der Waals surface area contributed by atoms with Gasteiger partial charge in [-0.15, -0.1) is 10.2 Å². The zero-order chi connectivity index (χ0) is 20.8. The maximum Gasteiger partial charge on any atom is 0.248 e. The molecule has 1 saturated heterocycles. The number of carbonyl (C=O) groups excluding carboxylic acids is 1. The van der Waals surface area contributed by atoms with Crippen molar-refractivity contribution in [1.82, 2.24) is 10.2 Å². The molecular formula is C25H26N4O. The molecule has 1 aliphatic rings. The first-order valence-corrected chi connectivity index (χ1v) is 10.4. The summed E-state index contributed by atoms with van der Waals surface area (Å²) in [6, 6.07) is 21.5. The summed E-state index contributed by atoms with van der Waals surface area (Å²) < 4.78 is 0. The van der Waals surface area contributed by atoms with Gasteiger partial charge in [0.1, 0.15) is 0 Å². The molecule has 0 saturated carbocycles. The van der Waals surface area contributed by atoms with Crippen LogP contribution in [0.1, 0.15) is 25.3 Å². The Balaban J connectivity index is 1.36. The third-order valence-electron chi connectivity index (χ3n) is 5.43. The lowest BCUT2D eigenvalue weighted by molar-refractivity contribution is -0.111. The second-order valence-corrected chi connectivity index (χ2v) is 7.76. The lowest BCUT2D eigenvalue weighted by Gasteiger charge is -2.30. The highest BCUT2D eigenvalue weighted by Crippen LogP contribution is 2.23. The van der Waals surface area contributed by atoms with E-state index in [-0.39, 0.29) is 5.91 Å². The largest absolute Gasteiger partial charge is 0.355 e. The molecule has 5 nitrogen and oxygen atoms in total. The third-order valence-corrected chi connectivity index (χ3v) is 5.43. The highest BCUT2D eigenvalue weighted by atomic mass is 16.1. The average molecular weight is 399 g/mol. The van der Waals surface area contributed by atoms with E-state index in [1.165, 1.54) is 18.9 Å². The molecule has 0 unspecified atom stereocenters. The Labute approximate surface area is 177 Å². The molecule has 2 aromatic carbocycles. The van der Waals surface area contributed by atoms with E-state index in [1.54, 1.807) is 6.08 Å². The third kappa shape index (κ3) is 5.11. The quantitative estimate of drug-likeness (QED) is 0.612. The van der Waals surface area contributed by atoms with Crippen molar-refractivity contribution in [2.45, 2.75) is 19.8 Å². The van der Waals surface area contributed by atoms with Crippen molar-refractivity contribution in [2.75, 3.05) is 23.3 Å². The molecule has 1 aliphatic heterocycles. The zero-order valence-electron chi connectivity index (χ0n) is 17.2. The van der Waals surface area contributed by atoms with Gasteiger partial charge in [0.2, 0.25) is 5.91 Å². The van der Waals surface area contributed by atoms with Gasteiger partial charge in [0.25, 0.3) is 0 Å². The number of nitrogens with zero attached hydrogens (tertiary/aromatic N) is 3. The Bertz CT molecular complexity index is 990. The summed E-state index contributed by atoms with van der Waals surface area (Å²) in [4.78, 5) is 14.4. The molecular weight excluding hydrogens is 372 g/mol. The molecule has 1 fully saturated rings. The van der Waals surface area contributed by atoms with Gasteiger partial charge in [0, 0.05) is 30.4 Å². The highest BCUT2D eigenvalue weighted by molar-refractivity contribution is 6.02. The van der Waals surface area contributed by atoms with Crippen molar-refractivity contribution in [3.8, 4) is 11.3 Å². The number of piperidine rings is 1. The number of nitrogens with one attached hydrogen (secondary N) is 1. The van der Waals surface area contributed by atoms with Crippen molar-refractivity contribution >= 4 is 23.5 Å². The summed E-state index contributed by atoms with van der Waals surface area (Å²) in [5.41, 5.74) is 3.53. The number of benzene rings is 2. The monoisotopic (exact) mass is 398 g/mol. The molecule has 4 rings (SSSR count). The van der Waals surface area contributed by atoms with E-state index in [0.29, 0.717) is 0 Å². The standard InChI is InChI=1S/C25H26N4O/c1-19-15-17-29(18-16-19)24-13-12-23(27-28-24)21-8-10-22(11-9-21)26-25(30)14-7-20-5-3-2-4-6-20/h2-14,19H,15-18H2,1H3,(H,26,30)/b14-7+. The summed E-state index contributed by atoms with van der Waals surface area (Å²) >= 11 is 0. The van der Waals surface area contributed by atoms with Crippen molar-refractivity contribution in [1.29, 1.82) is 0 Å². The topological polar surface area (TPSA) is 58.1 Å². The lowest BCUT2D eigenvalue weighted by atomic mass is 9.99. The number of amides is 1. The first-order chi connectivity index (χ1) is 14.7. The normalized spacial score (nSPS) is 14.8. The number of rotatable bonds is 5. The number of aromatic nitrogens is 2. The zero-order valence-corrected chi connectivity index (χ0v) is 17.2. The van der Waals surface area contributed by atoms with Crippen LogP contribution in [0.3, 0.4) is 0 Å². The minimum Gasteiger partial charge on any atom is -0.355 e. The van der Waals surface area contributed by atoms with Crippen LogP contribution >= 0.6 is 0 Å². The SMILES string of the molecule is CC1CCN(c2ccc(-c3ccc(NC(=O)/C=C/c4ccccc4)cc3)nn2)CC1. The van der Waals surface area contributed by atoms with Crippen LogP contribution in [0.5, 0.6) is 0 Å². The van der Waals surface area contributed by atoms with E-state index in [0.717, 1.165) is 47.3 Å². The van der Waals surface area contributed by atoms with Gasteiger partial charge in [0.15, 0.2) is 5.82 Å². The minimum absolute atomic E-state index is 0.161. The van der Waals surface area contributed by atoms with Gasteiger partial charge in [-0.1, -0.05) is 49.4 Å². The second-order valence-electron chi connectivity index (χ2n) is 7.76. The van der Waals surface area contributed by atoms with Crippen LogP contribution in [0.4, 0.5) is 11.5 Å². The second kappa shape index (κ2) is 9.35. The first kappa shape index (κ1) is 19.8. The molecule has 0 aliphatic carbocycles. The molecule has 5 heteroatoms. The van der Waals surface area contributed by atoms with Crippen molar-refractivity contribution in [3.63, 3.8) is 0 Å². The molecule has 1 N–H and O–H groups in total. The molecule has 2 heterocycles. The van der Waals surface area contributed by atoms with Crippen LogP contribution in [0.15, 0.2) is 72.8 Å². The Morgan fingerprint density at radius 2 is 1.70 bits per heavy atom. The molecule has 30 heavy (non-hydrogen) atoms. The molecule has 0 spiro atoms. The van der Waals surface area contributed by atoms with Crippen LogP contribution in [0, 0.1) is 5.92 Å². The summed E-state index contributed by atoms with van der Waals surface area (Å²) in [6.45, 7) is 4.39. The fraction of sp³-hybridized carbons (Fsp3) is 0.240. The predicted molar refractivity (Wildman–Crippen MR) is 122 cm³/mol. The summed E-state index contributed by atoms with van der Waals surface area (Å²) in [7, 11) is 0. The van der Waals surface area contributed by atoms with E-state index in [2.05, 4.69) is 27.3 Å². The molecule has 0 radical (unpaired) electrons. The van der Waals surface area contributed by atoms with E-state index in [1.807, 2.05) is 66.7 Å². The molecule has 152 valence electrons. The molecule has 1 aromatic heterocycles. The van der Waals surface area contributed by atoms with Crippen molar-refractivity contribution in [2.24, 2.45) is 5.92 Å². The number of carbonyl (C=O) groups is 1. The van der Waals surface area contributed by atoms with Gasteiger partial charge in [-0.25, -0.2) is 0 Å². The van der Waals surface area contributed by atoms with Crippen LogP contribution < -0.4 is 10.2 Å². The van der Waals surface area contributed by atoms with Gasteiger partial charge >= 0.3 is 0 Å². The highest BCUT2D eigenvalue weighted by Gasteiger charge is 2.17. The fourth-order valence-corrected chi connectivity index (χ4v) is 3.53. The van der Waals surface area contributed by atoms with Crippen molar-refractivity contribution in [3.05, 3.63) is 78.4 Å². The van der Waals surface area contributed by atoms with Crippen LogP contribution in [-0.4, -0.2) is 29.2 Å². The Morgan fingerprint density at radius 3 is 2.37 bits per heavy atom. The van der Waals surface area contributed by atoms with Gasteiger partial charge in [-0.3, -0.25) is 4.79 Å². The first-order valence-electron chi connectivity index (χ1n) is 10.4. The minimum atomic E-state index is -0.161. The van der Waals surface area contributed by atoms with Gasteiger partial charge < -0.3 is 10.2 Å². The summed E-state index contributed by atoms with van der Waals surface area (Å²) in [6.07, 6.45) is 5.74. The maximum atomic E-state index is 12.1. The molecule has 0 bridgehead atoms. The number of hydrogen-bond acceptors (Lipinski definition) is 4. The lowest BCUT2D eigenvalue weighted by Crippen LogP contribution is -2.33. The molecule has 0 atom stereocenters. The van der Waals surface area contributed by atoms with Gasteiger partial charge in [-0.2, -0.15) is 0 Å². The van der Waals surface area contributed by atoms with E-state index in [4.69, 9.17) is 0 Å². The maximum absolute atomic E-state index is 12.1. The van der Waals surface area contributed by atoms with Crippen LogP contribution in [-0.2, 0) is 4.79 Å². The fourth-order valence-electron chi connectivity index (χ4n) is 3.53. The summed E-state index contributed by atoms with van der Waals surface area (Å²) in [5.74, 6) is 1.58. The van der Waals surface area contributed by atoms with E-state index in [9.17, 15) is 4.79 Å². The number of hydrogen-bond donors (Lipinski definition) is 1. The Morgan fingerprint density at radius 1 is 0.967 bits per heavy atom. The Hall–Kier alpha value is -3.47. The van der Waals surface area contributed by atoms with E-state index < -0.39 is 0 Å². The average Bonchev–Trinajstić information content (AvgIpc) is 2.80. The van der Waals surface area contributed by atoms with Gasteiger partial charge in [-0.05, 0) is 54.7 Å². The molecule has 3 aromatic rings. The predicted octanol–water partition coefficient (Wildman–Crippen LogP) is 5.03. The smallest absolute Gasteiger partial charge is 0.248 e.